The molecule has 1 aliphatic heterocycles. The Hall–Kier alpha value is -0.410. The zero-order valence-corrected chi connectivity index (χ0v) is 9.15. The van der Waals surface area contributed by atoms with Crippen LogP contribution in [0.5, 0.6) is 0 Å². The third-order valence-electron chi connectivity index (χ3n) is 3.90. The van der Waals surface area contributed by atoms with Crippen LogP contribution in [0, 0.1) is 11.3 Å². The maximum absolute atomic E-state index is 11.1. The first-order valence-corrected chi connectivity index (χ1v) is 5.96. The summed E-state index contributed by atoms with van der Waals surface area (Å²) in [5.74, 6) is 0.611. The van der Waals surface area contributed by atoms with Crippen molar-refractivity contribution >= 4 is 6.29 Å². The van der Waals surface area contributed by atoms with Crippen molar-refractivity contribution in [2.24, 2.45) is 11.3 Å². The summed E-state index contributed by atoms with van der Waals surface area (Å²) in [6.07, 6.45) is 6.78. The summed E-state index contributed by atoms with van der Waals surface area (Å²) < 4.78 is 5.33. The quantitative estimate of drug-likeness (QED) is 0.722. The van der Waals surface area contributed by atoms with Crippen molar-refractivity contribution in [2.75, 3.05) is 13.2 Å². The van der Waals surface area contributed by atoms with Gasteiger partial charge in [0.2, 0.25) is 0 Å². The fraction of sp³-hybridized carbons (Fsp3) is 0.917. The number of rotatable bonds is 3. The Labute approximate surface area is 90.8 Å². The third-order valence-corrected chi connectivity index (χ3v) is 3.90. The van der Waals surface area contributed by atoms with Crippen LogP contribution < -0.4 is 0 Å². The lowest BCUT2D eigenvalue weighted by Crippen LogP contribution is -2.29. The normalized spacial score (nSPS) is 41.7. The first kappa shape index (κ1) is 11.1. The summed E-state index contributed by atoms with van der Waals surface area (Å²) in [6, 6.07) is 0. The average Bonchev–Trinajstić information content (AvgIpc) is 2.71. The highest BCUT2D eigenvalue weighted by Crippen LogP contribution is 2.38. The first-order valence-electron chi connectivity index (χ1n) is 5.96. The fourth-order valence-corrected chi connectivity index (χ4v) is 2.85. The zero-order valence-electron chi connectivity index (χ0n) is 9.15. The molecular weight excluding hydrogens is 192 g/mol. The summed E-state index contributed by atoms with van der Waals surface area (Å²) in [5.41, 5.74) is -0.201. The van der Waals surface area contributed by atoms with E-state index in [0.29, 0.717) is 12.5 Å². The highest BCUT2D eigenvalue weighted by atomic mass is 16.5. The summed E-state index contributed by atoms with van der Waals surface area (Å²) in [4.78, 5) is 11.1. The molecule has 3 heteroatoms. The molecule has 0 aromatic carbocycles. The van der Waals surface area contributed by atoms with Crippen LogP contribution in [0.1, 0.15) is 38.5 Å². The largest absolute Gasteiger partial charge is 0.393 e. The van der Waals surface area contributed by atoms with Crippen molar-refractivity contribution < 1.29 is 14.6 Å². The number of hydrogen-bond donors (Lipinski definition) is 1. The molecule has 1 unspecified atom stereocenters. The highest BCUT2D eigenvalue weighted by molar-refractivity contribution is 5.60. The molecule has 3 nitrogen and oxygen atoms in total. The van der Waals surface area contributed by atoms with Gasteiger partial charge in [0.25, 0.3) is 0 Å². The van der Waals surface area contributed by atoms with Gasteiger partial charge >= 0.3 is 0 Å². The van der Waals surface area contributed by atoms with E-state index in [9.17, 15) is 9.90 Å². The van der Waals surface area contributed by atoms with Crippen LogP contribution in [-0.4, -0.2) is 30.7 Å². The third kappa shape index (κ3) is 2.58. The highest BCUT2D eigenvalue weighted by Gasteiger charge is 2.37. The lowest BCUT2D eigenvalue weighted by Gasteiger charge is -2.31. The number of ether oxygens (including phenoxy) is 1. The molecule has 86 valence electrons. The van der Waals surface area contributed by atoms with E-state index in [-0.39, 0.29) is 11.5 Å². The van der Waals surface area contributed by atoms with Crippen LogP contribution in [0.4, 0.5) is 0 Å². The Morgan fingerprint density at radius 1 is 1.33 bits per heavy atom. The Kier molecular flexibility index (Phi) is 3.42. The van der Waals surface area contributed by atoms with Crippen LogP contribution in [0.15, 0.2) is 0 Å². The van der Waals surface area contributed by atoms with E-state index in [4.69, 9.17) is 4.74 Å². The van der Waals surface area contributed by atoms with Crippen molar-refractivity contribution in [3.05, 3.63) is 0 Å². The number of aliphatic hydroxyl groups excluding tert-OH is 1. The van der Waals surface area contributed by atoms with E-state index >= 15 is 0 Å². The molecule has 1 saturated carbocycles. The molecule has 0 aromatic heterocycles. The van der Waals surface area contributed by atoms with Crippen molar-refractivity contribution in [1.82, 2.24) is 0 Å². The minimum absolute atomic E-state index is 0.103. The Bertz CT molecular complexity index is 213. The maximum Gasteiger partial charge on any atom is 0.128 e. The van der Waals surface area contributed by atoms with Gasteiger partial charge in [-0.3, -0.25) is 0 Å². The topological polar surface area (TPSA) is 46.5 Å². The molecule has 0 bridgehead atoms. The fourth-order valence-electron chi connectivity index (χ4n) is 2.85. The van der Waals surface area contributed by atoms with Crippen molar-refractivity contribution in [3.63, 3.8) is 0 Å². The van der Waals surface area contributed by atoms with Crippen LogP contribution >= 0.6 is 0 Å². The lowest BCUT2D eigenvalue weighted by atomic mass is 9.74. The van der Waals surface area contributed by atoms with Gasteiger partial charge in [-0.25, -0.2) is 0 Å². The minimum atomic E-state index is -0.201. The van der Waals surface area contributed by atoms with Gasteiger partial charge in [0.05, 0.1) is 18.1 Å². The molecule has 2 aliphatic rings. The Morgan fingerprint density at radius 3 is 2.60 bits per heavy atom. The maximum atomic E-state index is 11.1. The monoisotopic (exact) mass is 212 g/mol. The second kappa shape index (κ2) is 4.62. The van der Waals surface area contributed by atoms with Crippen molar-refractivity contribution in [3.8, 4) is 0 Å². The summed E-state index contributed by atoms with van der Waals surface area (Å²) in [5, 5.41) is 9.41. The van der Waals surface area contributed by atoms with Crippen molar-refractivity contribution in [2.45, 2.75) is 44.6 Å². The van der Waals surface area contributed by atoms with Gasteiger partial charge in [0.1, 0.15) is 6.29 Å². The number of hydrogen-bond acceptors (Lipinski definition) is 3. The molecule has 1 saturated heterocycles. The van der Waals surface area contributed by atoms with Crippen LogP contribution in [0.25, 0.3) is 0 Å². The molecule has 15 heavy (non-hydrogen) atoms. The predicted molar refractivity (Wildman–Crippen MR) is 56.5 cm³/mol. The second-order valence-corrected chi connectivity index (χ2v) is 5.16. The SMILES string of the molecule is O=CC1(CC2CCC(O)CC2)CCOC1. The van der Waals surface area contributed by atoms with E-state index < -0.39 is 0 Å². The van der Waals surface area contributed by atoms with Crippen molar-refractivity contribution in [1.29, 1.82) is 0 Å². The summed E-state index contributed by atoms with van der Waals surface area (Å²) >= 11 is 0. The van der Waals surface area contributed by atoms with Gasteiger partial charge in [-0.15, -0.1) is 0 Å². The zero-order chi connectivity index (χ0) is 10.7. The van der Waals surface area contributed by atoms with Gasteiger partial charge in [-0.2, -0.15) is 0 Å². The van der Waals surface area contributed by atoms with Gasteiger partial charge in [-0.05, 0) is 44.4 Å². The number of aldehydes is 1. The van der Waals surface area contributed by atoms with E-state index in [2.05, 4.69) is 0 Å². The molecular formula is C12H20O3. The van der Waals surface area contributed by atoms with Gasteiger partial charge in [0, 0.05) is 6.61 Å². The number of carbonyl (C=O) groups excluding carboxylic acids is 1. The molecule has 1 heterocycles. The molecule has 1 atom stereocenters. The molecule has 0 radical (unpaired) electrons. The summed E-state index contributed by atoms with van der Waals surface area (Å²) in [7, 11) is 0. The van der Waals surface area contributed by atoms with E-state index in [1.807, 2.05) is 0 Å². The minimum Gasteiger partial charge on any atom is -0.393 e. The molecule has 1 aliphatic carbocycles. The standard InChI is InChI=1S/C12H20O3/c13-8-12(5-6-15-9-12)7-10-1-3-11(14)4-2-10/h8,10-11,14H,1-7,9H2. The number of carbonyl (C=O) groups is 1. The lowest BCUT2D eigenvalue weighted by molar-refractivity contribution is -0.117. The molecule has 0 aromatic rings. The summed E-state index contributed by atoms with van der Waals surface area (Å²) in [6.45, 7) is 1.34. The smallest absolute Gasteiger partial charge is 0.128 e. The predicted octanol–water partition coefficient (Wildman–Crippen LogP) is 1.53. The van der Waals surface area contributed by atoms with Crippen LogP contribution in [0.3, 0.4) is 0 Å². The average molecular weight is 212 g/mol. The molecule has 1 N–H and O–H groups in total. The van der Waals surface area contributed by atoms with E-state index in [0.717, 1.165) is 51.4 Å². The van der Waals surface area contributed by atoms with E-state index in [1.165, 1.54) is 0 Å². The first-order chi connectivity index (χ1) is 7.24. The van der Waals surface area contributed by atoms with Crippen LogP contribution in [-0.2, 0) is 9.53 Å². The molecule has 0 amide bonds. The number of aliphatic hydroxyl groups is 1. The van der Waals surface area contributed by atoms with Gasteiger partial charge < -0.3 is 14.6 Å². The van der Waals surface area contributed by atoms with E-state index in [1.54, 1.807) is 0 Å². The van der Waals surface area contributed by atoms with Gasteiger partial charge in [0.15, 0.2) is 0 Å². The second-order valence-electron chi connectivity index (χ2n) is 5.16. The molecule has 2 fully saturated rings. The van der Waals surface area contributed by atoms with Crippen LogP contribution in [0.2, 0.25) is 0 Å². The molecule has 0 spiro atoms. The van der Waals surface area contributed by atoms with Gasteiger partial charge in [-0.1, -0.05) is 0 Å². The Balaban J connectivity index is 1.87. The Morgan fingerprint density at radius 2 is 2.07 bits per heavy atom. The molecule has 2 rings (SSSR count).